The lowest BCUT2D eigenvalue weighted by Gasteiger charge is -2.11. The Kier molecular flexibility index (Phi) is 3.97. The van der Waals surface area contributed by atoms with E-state index in [0.717, 1.165) is 5.56 Å². The van der Waals surface area contributed by atoms with Crippen molar-refractivity contribution in [1.82, 2.24) is 0 Å². The molecule has 0 spiro atoms. The number of ether oxygens (including phenoxy) is 2. The number of carbonyl (C=O) groups is 1. The van der Waals surface area contributed by atoms with Crippen molar-refractivity contribution in [2.75, 3.05) is 13.7 Å². The molecule has 82 valence electrons. The van der Waals surface area contributed by atoms with E-state index in [2.05, 4.69) is 0 Å². The number of benzene rings is 1. The molecule has 0 fully saturated rings. The lowest BCUT2D eigenvalue weighted by Crippen LogP contribution is -2.09. The lowest BCUT2D eigenvalue weighted by atomic mass is 10.1. The van der Waals surface area contributed by atoms with Crippen LogP contribution in [0.1, 0.15) is 22.8 Å². The second-order valence-corrected chi connectivity index (χ2v) is 3.40. The van der Waals surface area contributed by atoms with Crippen LogP contribution in [0.4, 0.5) is 0 Å². The summed E-state index contributed by atoms with van der Waals surface area (Å²) >= 11 is 5.91. The van der Waals surface area contributed by atoms with Crippen molar-refractivity contribution in [3.8, 4) is 5.75 Å². The Morgan fingerprint density at radius 2 is 2.13 bits per heavy atom. The minimum Gasteiger partial charge on any atom is -0.494 e. The molecule has 1 aromatic rings. The van der Waals surface area contributed by atoms with Crippen LogP contribution < -0.4 is 4.74 Å². The Labute approximate surface area is 93.9 Å². The van der Waals surface area contributed by atoms with Gasteiger partial charge in [0, 0.05) is 0 Å². The van der Waals surface area contributed by atoms with Gasteiger partial charge in [0.1, 0.15) is 5.56 Å². The Bertz CT molecular complexity index is 374. The summed E-state index contributed by atoms with van der Waals surface area (Å²) in [6.07, 6.45) is 0. The highest BCUT2D eigenvalue weighted by Crippen LogP contribution is 2.31. The SMILES string of the molecule is CCOC(=O)c1c(C)ccc(Cl)c1OC. The van der Waals surface area contributed by atoms with Crippen LogP contribution in [0.2, 0.25) is 5.02 Å². The first-order chi connectivity index (χ1) is 7.11. The fourth-order valence-electron chi connectivity index (χ4n) is 1.31. The Morgan fingerprint density at radius 1 is 1.47 bits per heavy atom. The first-order valence-electron chi connectivity index (χ1n) is 4.62. The third kappa shape index (κ3) is 2.42. The summed E-state index contributed by atoms with van der Waals surface area (Å²) in [4.78, 5) is 11.6. The van der Waals surface area contributed by atoms with Gasteiger partial charge in [-0.1, -0.05) is 17.7 Å². The maximum Gasteiger partial charge on any atom is 0.342 e. The highest BCUT2D eigenvalue weighted by molar-refractivity contribution is 6.32. The minimum absolute atomic E-state index is 0.327. The summed E-state index contributed by atoms with van der Waals surface area (Å²) in [7, 11) is 1.48. The molecular formula is C11H13ClO3. The van der Waals surface area contributed by atoms with Gasteiger partial charge in [-0.15, -0.1) is 0 Å². The van der Waals surface area contributed by atoms with E-state index in [1.807, 2.05) is 6.92 Å². The highest BCUT2D eigenvalue weighted by atomic mass is 35.5. The second-order valence-electron chi connectivity index (χ2n) is 2.99. The number of hydrogen-bond acceptors (Lipinski definition) is 3. The Morgan fingerprint density at radius 3 is 2.67 bits per heavy atom. The van der Waals surface area contributed by atoms with Crippen LogP contribution in [0.5, 0.6) is 5.75 Å². The molecule has 0 N–H and O–H groups in total. The molecule has 0 bridgehead atoms. The van der Waals surface area contributed by atoms with E-state index in [1.165, 1.54) is 7.11 Å². The van der Waals surface area contributed by atoms with E-state index in [9.17, 15) is 4.79 Å². The zero-order valence-electron chi connectivity index (χ0n) is 8.96. The fourth-order valence-corrected chi connectivity index (χ4v) is 1.55. The standard InChI is InChI=1S/C11H13ClO3/c1-4-15-11(13)9-7(2)5-6-8(12)10(9)14-3/h5-6H,4H2,1-3H3. The van der Waals surface area contributed by atoms with Crippen molar-refractivity contribution in [2.24, 2.45) is 0 Å². The minimum atomic E-state index is -0.408. The summed E-state index contributed by atoms with van der Waals surface area (Å²) in [5, 5.41) is 0.408. The first kappa shape index (κ1) is 11.9. The molecule has 1 rings (SSSR count). The van der Waals surface area contributed by atoms with Crippen molar-refractivity contribution in [3.05, 3.63) is 28.3 Å². The third-order valence-corrected chi connectivity index (χ3v) is 2.30. The molecular weight excluding hydrogens is 216 g/mol. The van der Waals surface area contributed by atoms with Gasteiger partial charge >= 0.3 is 5.97 Å². The van der Waals surface area contributed by atoms with Gasteiger partial charge in [0.15, 0.2) is 5.75 Å². The molecule has 3 nitrogen and oxygen atoms in total. The van der Waals surface area contributed by atoms with E-state index in [0.29, 0.717) is 22.9 Å². The molecule has 0 heterocycles. The Hall–Kier alpha value is -1.22. The zero-order chi connectivity index (χ0) is 11.4. The summed E-state index contributed by atoms with van der Waals surface area (Å²) in [6.45, 7) is 3.89. The van der Waals surface area contributed by atoms with Crippen molar-refractivity contribution in [3.63, 3.8) is 0 Å². The molecule has 0 aliphatic carbocycles. The van der Waals surface area contributed by atoms with Gasteiger partial charge in [0.2, 0.25) is 0 Å². The average Bonchev–Trinajstić information content (AvgIpc) is 2.21. The van der Waals surface area contributed by atoms with Crippen LogP contribution in [0, 0.1) is 6.92 Å². The van der Waals surface area contributed by atoms with E-state index < -0.39 is 5.97 Å². The monoisotopic (exact) mass is 228 g/mol. The molecule has 4 heteroatoms. The highest BCUT2D eigenvalue weighted by Gasteiger charge is 2.18. The first-order valence-corrected chi connectivity index (χ1v) is 4.99. The number of esters is 1. The summed E-state index contributed by atoms with van der Waals surface area (Å²) in [5.74, 6) is -0.0375. The molecule has 1 aromatic carbocycles. The molecule has 0 saturated carbocycles. The van der Waals surface area contributed by atoms with Gasteiger partial charge in [-0.05, 0) is 25.5 Å². The number of rotatable bonds is 3. The maximum absolute atomic E-state index is 11.6. The molecule has 15 heavy (non-hydrogen) atoms. The van der Waals surface area contributed by atoms with Crippen molar-refractivity contribution in [2.45, 2.75) is 13.8 Å². The largest absolute Gasteiger partial charge is 0.494 e. The van der Waals surface area contributed by atoms with Gasteiger partial charge in [0.05, 0.1) is 18.7 Å². The molecule has 0 aromatic heterocycles. The van der Waals surface area contributed by atoms with Gasteiger partial charge in [-0.3, -0.25) is 0 Å². The van der Waals surface area contributed by atoms with Gasteiger partial charge in [-0.25, -0.2) is 4.79 Å². The summed E-state index contributed by atoms with van der Waals surface area (Å²) in [6, 6.07) is 3.45. The quantitative estimate of drug-likeness (QED) is 0.747. The summed E-state index contributed by atoms with van der Waals surface area (Å²) < 4.78 is 10.0. The molecule has 0 aliphatic heterocycles. The predicted octanol–water partition coefficient (Wildman–Crippen LogP) is 2.83. The molecule has 0 aliphatic rings. The topological polar surface area (TPSA) is 35.5 Å². The van der Waals surface area contributed by atoms with Crippen LogP contribution in [0.3, 0.4) is 0 Å². The fraction of sp³-hybridized carbons (Fsp3) is 0.364. The van der Waals surface area contributed by atoms with Crippen LogP contribution in [0.15, 0.2) is 12.1 Å². The molecule has 0 saturated heterocycles. The number of aryl methyl sites for hydroxylation is 1. The van der Waals surface area contributed by atoms with Crippen LogP contribution in [-0.2, 0) is 4.74 Å². The normalized spacial score (nSPS) is 9.87. The van der Waals surface area contributed by atoms with Crippen molar-refractivity contribution in [1.29, 1.82) is 0 Å². The lowest BCUT2D eigenvalue weighted by molar-refractivity contribution is 0.0522. The van der Waals surface area contributed by atoms with Crippen molar-refractivity contribution >= 4 is 17.6 Å². The van der Waals surface area contributed by atoms with E-state index in [4.69, 9.17) is 21.1 Å². The smallest absolute Gasteiger partial charge is 0.342 e. The van der Waals surface area contributed by atoms with Crippen molar-refractivity contribution < 1.29 is 14.3 Å². The van der Waals surface area contributed by atoms with E-state index >= 15 is 0 Å². The van der Waals surface area contributed by atoms with E-state index in [1.54, 1.807) is 19.1 Å². The van der Waals surface area contributed by atoms with Crippen LogP contribution in [0.25, 0.3) is 0 Å². The third-order valence-electron chi connectivity index (χ3n) is 2.00. The molecule has 0 amide bonds. The predicted molar refractivity (Wildman–Crippen MR) is 58.7 cm³/mol. The van der Waals surface area contributed by atoms with Gasteiger partial charge < -0.3 is 9.47 Å². The summed E-state index contributed by atoms with van der Waals surface area (Å²) in [5.41, 5.74) is 1.18. The molecule has 0 unspecified atom stereocenters. The zero-order valence-corrected chi connectivity index (χ0v) is 9.72. The van der Waals surface area contributed by atoms with Gasteiger partial charge in [-0.2, -0.15) is 0 Å². The van der Waals surface area contributed by atoms with E-state index in [-0.39, 0.29) is 0 Å². The Balaban J connectivity index is 3.24. The van der Waals surface area contributed by atoms with Crippen LogP contribution in [-0.4, -0.2) is 19.7 Å². The number of hydrogen-bond donors (Lipinski definition) is 0. The average molecular weight is 229 g/mol. The molecule has 0 atom stereocenters. The number of halogens is 1. The molecule has 0 radical (unpaired) electrons. The maximum atomic E-state index is 11.6. The number of methoxy groups -OCH3 is 1. The number of carbonyl (C=O) groups excluding carboxylic acids is 1. The van der Waals surface area contributed by atoms with Gasteiger partial charge in [0.25, 0.3) is 0 Å². The second kappa shape index (κ2) is 5.03. The van der Waals surface area contributed by atoms with Crippen LogP contribution >= 0.6 is 11.6 Å².